The summed E-state index contributed by atoms with van der Waals surface area (Å²) in [7, 11) is 0. The van der Waals surface area contributed by atoms with Crippen LogP contribution >= 0.6 is 15.9 Å². The standard InChI is InChI=1S/C4H9BrO2.C3H6O/c5-2-1-4(7)3-6;1-3(2)4/h4,6-7H,1-3H2;4H,1H2,2H3/p-1. The molecule has 0 saturated heterocycles. The fraction of sp³-hybridized carbons (Fsp3) is 0.714. The summed E-state index contributed by atoms with van der Waals surface area (Å²) in [6.45, 7) is 4.28. The molecular formula is C7H14BrO3-. The smallest absolute Gasteiger partial charge is 0.0778 e. The van der Waals surface area contributed by atoms with E-state index in [2.05, 4.69) is 22.5 Å². The van der Waals surface area contributed by atoms with Crippen LogP contribution in [0.5, 0.6) is 0 Å². The van der Waals surface area contributed by atoms with Crippen molar-refractivity contribution in [3.63, 3.8) is 0 Å². The topological polar surface area (TPSA) is 63.5 Å². The molecule has 0 aromatic carbocycles. The van der Waals surface area contributed by atoms with Gasteiger partial charge in [-0.05, 0) is 6.42 Å². The van der Waals surface area contributed by atoms with Crippen LogP contribution in [0.4, 0.5) is 0 Å². The summed E-state index contributed by atoms with van der Waals surface area (Å²) >= 11 is 3.12. The van der Waals surface area contributed by atoms with Crippen LogP contribution in [0.3, 0.4) is 0 Å². The number of allylic oxidation sites excluding steroid dienone is 1. The minimum Gasteiger partial charge on any atom is -0.876 e. The van der Waals surface area contributed by atoms with Crippen LogP contribution in [0.15, 0.2) is 12.3 Å². The van der Waals surface area contributed by atoms with Gasteiger partial charge >= 0.3 is 0 Å². The van der Waals surface area contributed by atoms with E-state index in [0.29, 0.717) is 6.42 Å². The summed E-state index contributed by atoms with van der Waals surface area (Å²) in [5.74, 6) is -0.0833. The number of aliphatic hydroxyl groups excluding tert-OH is 2. The fourth-order valence-corrected chi connectivity index (χ4v) is 0.746. The van der Waals surface area contributed by atoms with Crippen molar-refractivity contribution in [2.45, 2.75) is 19.4 Å². The molecule has 0 bridgehead atoms. The second-order valence-electron chi connectivity index (χ2n) is 2.02. The highest BCUT2D eigenvalue weighted by Crippen LogP contribution is 1.92. The van der Waals surface area contributed by atoms with Gasteiger partial charge in [0.25, 0.3) is 0 Å². The lowest BCUT2D eigenvalue weighted by Gasteiger charge is -2.00. The molecular weight excluding hydrogens is 212 g/mol. The van der Waals surface area contributed by atoms with E-state index in [9.17, 15) is 5.11 Å². The molecule has 0 saturated carbocycles. The molecule has 68 valence electrons. The summed E-state index contributed by atoms with van der Waals surface area (Å²) in [5.41, 5.74) is 0. The largest absolute Gasteiger partial charge is 0.876 e. The van der Waals surface area contributed by atoms with E-state index in [0.717, 1.165) is 5.33 Å². The van der Waals surface area contributed by atoms with Gasteiger partial charge in [-0.2, -0.15) is 0 Å². The first-order chi connectivity index (χ1) is 5.04. The Balaban J connectivity index is 0. The lowest BCUT2D eigenvalue weighted by molar-refractivity contribution is -0.300. The number of halogens is 1. The first-order valence-corrected chi connectivity index (χ1v) is 4.34. The van der Waals surface area contributed by atoms with E-state index in [1.165, 1.54) is 6.92 Å². The minimum atomic E-state index is -0.542. The van der Waals surface area contributed by atoms with Gasteiger partial charge in [0.1, 0.15) is 0 Å². The number of rotatable bonds is 3. The zero-order valence-corrected chi connectivity index (χ0v) is 8.17. The lowest BCUT2D eigenvalue weighted by atomic mass is 10.3. The molecule has 11 heavy (non-hydrogen) atoms. The van der Waals surface area contributed by atoms with Crippen LogP contribution in [0.1, 0.15) is 13.3 Å². The molecule has 2 N–H and O–H groups in total. The Morgan fingerprint density at radius 3 is 2.18 bits per heavy atom. The number of alkyl halides is 1. The molecule has 0 amide bonds. The molecule has 0 radical (unpaired) electrons. The maximum absolute atomic E-state index is 9.33. The maximum atomic E-state index is 9.33. The molecule has 0 rings (SSSR count). The summed E-state index contributed by atoms with van der Waals surface area (Å²) in [6.07, 6.45) is 0.0793. The molecule has 0 fully saturated rings. The van der Waals surface area contributed by atoms with Crippen molar-refractivity contribution in [2.75, 3.05) is 11.9 Å². The third kappa shape index (κ3) is 25.7. The van der Waals surface area contributed by atoms with Gasteiger partial charge in [-0.3, -0.25) is 0 Å². The normalized spacial score (nSPS) is 11.3. The molecule has 0 aliphatic heterocycles. The van der Waals surface area contributed by atoms with Gasteiger partial charge in [0, 0.05) is 5.33 Å². The van der Waals surface area contributed by atoms with Crippen molar-refractivity contribution in [1.82, 2.24) is 0 Å². The van der Waals surface area contributed by atoms with Crippen LogP contribution in [-0.4, -0.2) is 28.3 Å². The summed E-state index contributed by atoms with van der Waals surface area (Å²) < 4.78 is 0. The molecule has 1 atom stereocenters. The van der Waals surface area contributed by atoms with Gasteiger partial charge in [-0.25, -0.2) is 0 Å². The molecule has 4 heteroatoms. The zero-order valence-electron chi connectivity index (χ0n) is 6.59. The Morgan fingerprint density at radius 2 is 2.09 bits per heavy atom. The SMILES string of the molecule is C=C(C)[O-].OCC(O)CCBr. The average Bonchev–Trinajstić information content (AvgIpc) is 1.87. The van der Waals surface area contributed by atoms with Gasteiger partial charge in [-0.1, -0.05) is 22.9 Å². The van der Waals surface area contributed by atoms with Crippen molar-refractivity contribution >= 4 is 15.9 Å². The van der Waals surface area contributed by atoms with E-state index < -0.39 is 6.10 Å². The van der Waals surface area contributed by atoms with Gasteiger partial charge in [-0.15, -0.1) is 12.3 Å². The van der Waals surface area contributed by atoms with Crippen molar-refractivity contribution in [2.24, 2.45) is 0 Å². The van der Waals surface area contributed by atoms with E-state index in [1.807, 2.05) is 0 Å². The zero-order chi connectivity index (χ0) is 9.28. The monoisotopic (exact) mass is 225 g/mol. The van der Waals surface area contributed by atoms with Crippen LogP contribution in [0, 0.1) is 0 Å². The van der Waals surface area contributed by atoms with Gasteiger partial charge in [0.05, 0.1) is 12.7 Å². The van der Waals surface area contributed by atoms with Crippen molar-refractivity contribution in [3.05, 3.63) is 12.3 Å². The average molecular weight is 226 g/mol. The minimum absolute atomic E-state index is 0.0833. The van der Waals surface area contributed by atoms with Gasteiger partial charge in [0.2, 0.25) is 0 Å². The van der Waals surface area contributed by atoms with Crippen molar-refractivity contribution < 1.29 is 15.3 Å². The summed E-state index contributed by atoms with van der Waals surface area (Å²) in [4.78, 5) is 0. The highest BCUT2D eigenvalue weighted by Gasteiger charge is 1.96. The predicted octanol–water partition coefficient (Wildman–Crippen LogP) is 0.00490. The molecule has 0 aromatic rings. The highest BCUT2D eigenvalue weighted by molar-refractivity contribution is 9.09. The first-order valence-electron chi connectivity index (χ1n) is 3.22. The molecule has 0 spiro atoms. The maximum Gasteiger partial charge on any atom is 0.0778 e. The van der Waals surface area contributed by atoms with E-state index in [-0.39, 0.29) is 12.4 Å². The Hall–Kier alpha value is -0.0600. The lowest BCUT2D eigenvalue weighted by Crippen LogP contribution is -2.11. The summed E-state index contributed by atoms with van der Waals surface area (Å²) in [5, 5.41) is 26.9. The predicted molar refractivity (Wildman–Crippen MR) is 46.3 cm³/mol. The number of aliphatic hydroxyl groups is 2. The number of hydrogen-bond acceptors (Lipinski definition) is 3. The second kappa shape index (κ2) is 9.94. The molecule has 3 nitrogen and oxygen atoms in total. The molecule has 0 heterocycles. The van der Waals surface area contributed by atoms with Crippen molar-refractivity contribution in [3.8, 4) is 0 Å². The van der Waals surface area contributed by atoms with Gasteiger partial charge < -0.3 is 15.3 Å². The number of hydrogen-bond donors (Lipinski definition) is 2. The first kappa shape index (κ1) is 13.5. The Kier molecular flexibility index (Phi) is 12.2. The van der Waals surface area contributed by atoms with Crippen molar-refractivity contribution in [1.29, 1.82) is 0 Å². The van der Waals surface area contributed by atoms with E-state index in [1.54, 1.807) is 0 Å². The third-order valence-electron chi connectivity index (χ3n) is 0.653. The summed E-state index contributed by atoms with van der Waals surface area (Å²) in [6, 6.07) is 0. The van der Waals surface area contributed by atoms with Crippen LogP contribution < -0.4 is 5.11 Å². The van der Waals surface area contributed by atoms with E-state index in [4.69, 9.17) is 10.2 Å². The molecule has 0 aliphatic rings. The van der Waals surface area contributed by atoms with Gasteiger partial charge in [0.15, 0.2) is 0 Å². The quantitative estimate of drug-likeness (QED) is 0.526. The molecule has 0 aliphatic carbocycles. The van der Waals surface area contributed by atoms with Crippen LogP contribution in [0.2, 0.25) is 0 Å². The Bertz CT molecular complexity index is 91.7. The second-order valence-corrected chi connectivity index (χ2v) is 2.81. The fourth-order valence-electron chi connectivity index (χ4n) is 0.217. The third-order valence-corrected chi connectivity index (χ3v) is 1.11. The highest BCUT2D eigenvalue weighted by atomic mass is 79.9. The van der Waals surface area contributed by atoms with E-state index >= 15 is 0 Å². The Labute approximate surface area is 75.5 Å². The van der Waals surface area contributed by atoms with Crippen LogP contribution in [-0.2, 0) is 0 Å². The molecule has 0 aromatic heterocycles. The van der Waals surface area contributed by atoms with Crippen LogP contribution in [0.25, 0.3) is 0 Å². The Morgan fingerprint density at radius 1 is 1.73 bits per heavy atom. The molecule has 1 unspecified atom stereocenters.